The van der Waals surface area contributed by atoms with E-state index in [1.165, 1.54) is 0 Å². The predicted molar refractivity (Wildman–Crippen MR) is 68.5 cm³/mol. The minimum Gasteiger partial charge on any atom is -0.493 e. The van der Waals surface area contributed by atoms with Crippen molar-refractivity contribution in [3.63, 3.8) is 0 Å². The van der Waals surface area contributed by atoms with Crippen molar-refractivity contribution in [2.75, 3.05) is 28.4 Å². The topological polar surface area (TPSA) is 56.8 Å². The molecule has 0 radical (unpaired) electrons. The molecule has 0 heterocycles. The molecule has 1 aromatic rings. The monoisotopic (exact) mass is 253 g/mol. The first kappa shape index (κ1) is 14.2. The van der Waals surface area contributed by atoms with E-state index in [2.05, 4.69) is 5.32 Å². The number of hydrogen-bond donors (Lipinski definition) is 1. The number of carbonyl (C=O) groups is 1. The van der Waals surface area contributed by atoms with Gasteiger partial charge in [-0.1, -0.05) is 0 Å². The summed E-state index contributed by atoms with van der Waals surface area (Å²) in [6, 6.07) is 3.70. The summed E-state index contributed by atoms with van der Waals surface area (Å²) >= 11 is 0. The highest BCUT2D eigenvalue weighted by molar-refractivity contribution is 5.75. The third kappa shape index (κ3) is 3.29. The van der Waals surface area contributed by atoms with Gasteiger partial charge in [-0.3, -0.25) is 4.79 Å². The van der Waals surface area contributed by atoms with Crippen molar-refractivity contribution in [3.05, 3.63) is 17.7 Å². The first-order valence-electron chi connectivity index (χ1n) is 5.65. The number of carbonyl (C=O) groups excluding carboxylic acids is 1. The molecule has 0 aliphatic heterocycles. The quantitative estimate of drug-likeness (QED) is 0.832. The Kier molecular flexibility index (Phi) is 5.30. The van der Waals surface area contributed by atoms with E-state index < -0.39 is 0 Å². The molecular weight excluding hydrogens is 234 g/mol. The zero-order chi connectivity index (χ0) is 13.5. The molecule has 0 atom stereocenters. The number of ether oxygens (including phenoxy) is 3. The lowest BCUT2D eigenvalue weighted by atomic mass is 10.1. The molecular formula is C13H19NO4. The maximum Gasteiger partial charge on any atom is 0.220 e. The van der Waals surface area contributed by atoms with Gasteiger partial charge in [-0.15, -0.1) is 0 Å². The van der Waals surface area contributed by atoms with Crippen LogP contribution in [0.15, 0.2) is 12.1 Å². The molecule has 0 fully saturated rings. The molecule has 0 saturated carbocycles. The van der Waals surface area contributed by atoms with Crippen LogP contribution in [0.2, 0.25) is 0 Å². The minimum atomic E-state index is 0.00347. The number of benzene rings is 1. The van der Waals surface area contributed by atoms with E-state index in [-0.39, 0.29) is 5.91 Å². The van der Waals surface area contributed by atoms with Gasteiger partial charge in [0, 0.05) is 13.5 Å². The van der Waals surface area contributed by atoms with Crippen molar-refractivity contribution in [2.45, 2.75) is 12.8 Å². The molecule has 1 rings (SSSR count). The van der Waals surface area contributed by atoms with Crippen molar-refractivity contribution in [3.8, 4) is 17.2 Å². The summed E-state index contributed by atoms with van der Waals surface area (Å²) in [7, 11) is 6.32. The smallest absolute Gasteiger partial charge is 0.220 e. The Morgan fingerprint density at radius 2 is 1.67 bits per heavy atom. The van der Waals surface area contributed by atoms with E-state index in [0.29, 0.717) is 30.1 Å². The largest absolute Gasteiger partial charge is 0.493 e. The average molecular weight is 253 g/mol. The zero-order valence-electron chi connectivity index (χ0n) is 11.2. The van der Waals surface area contributed by atoms with Gasteiger partial charge in [-0.2, -0.15) is 0 Å². The molecule has 0 unspecified atom stereocenters. The van der Waals surface area contributed by atoms with Crippen molar-refractivity contribution in [1.29, 1.82) is 0 Å². The third-order valence-electron chi connectivity index (χ3n) is 2.64. The van der Waals surface area contributed by atoms with Crippen molar-refractivity contribution in [2.24, 2.45) is 0 Å². The van der Waals surface area contributed by atoms with Gasteiger partial charge in [-0.05, 0) is 24.1 Å². The van der Waals surface area contributed by atoms with Crippen LogP contribution in [0, 0.1) is 0 Å². The lowest BCUT2D eigenvalue weighted by molar-refractivity contribution is -0.120. The van der Waals surface area contributed by atoms with Crippen LogP contribution in [0.5, 0.6) is 17.2 Å². The molecule has 0 bridgehead atoms. The molecule has 0 saturated heterocycles. The van der Waals surface area contributed by atoms with Crippen LogP contribution in [-0.2, 0) is 11.2 Å². The number of amides is 1. The van der Waals surface area contributed by atoms with E-state index in [0.717, 1.165) is 5.56 Å². The number of hydrogen-bond acceptors (Lipinski definition) is 4. The van der Waals surface area contributed by atoms with Crippen LogP contribution < -0.4 is 19.5 Å². The summed E-state index contributed by atoms with van der Waals surface area (Å²) in [6.07, 6.45) is 1.05. The number of aryl methyl sites for hydroxylation is 1. The SMILES string of the molecule is CNC(=O)CCc1cc(OC)c(OC)c(OC)c1. The van der Waals surface area contributed by atoms with Gasteiger partial charge >= 0.3 is 0 Å². The standard InChI is InChI=1S/C13H19NO4/c1-14-12(15)6-5-9-7-10(16-2)13(18-4)11(8-9)17-3/h7-8H,5-6H2,1-4H3,(H,14,15). The average Bonchev–Trinajstić information content (AvgIpc) is 2.43. The van der Waals surface area contributed by atoms with Gasteiger partial charge in [0.15, 0.2) is 11.5 Å². The summed E-state index contributed by atoms with van der Waals surface area (Å²) in [5.74, 6) is 1.76. The maximum atomic E-state index is 11.2. The highest BCUT2D eigenvalue weighted by Crippen LogP contribution is 2.38. The van der Waals surface area contributed by atoms with E-state index >= 15 is 0 Å². The first-order chi connectivity index (χ1) is 8.65. The number of rotatable bonds is 6. The summed E-state index contributed by atoms with van der Waals surface area (Å²) < 4.78 is 15.7. The molecule has 0 aromatic heterocycles. The summed E-state index contributed by atoms with van der Waals surface area (Å²) in [5, 5.41) is 2.59. The van der Waals surface area contributed by atoms with E-state index in [4.69, 9.17) is 14.2 Å². The molecule has 1 amide bonds. The molecule has 0 aliphatic carbocycles. The number of methoxy groups -OCH3 is 3. The molecule has 100 valence electrons. The van der Waals surface area contributed by atoms with Gasteiger partial charge in [0.25, 0.3) is 0 Å². The van der Waals surface area contributed by atoms with Gasteiger partial charge in [0.2, 0.25) is 11.7 Å². The molecule has 1 aromatic carbocycles. The van der Waals surface area contributed by atoms with Gasteiger partial charge in [0.1, 0.15) is 0 Å². The molecule has 1 N–H and O–H groups in total. The van der Waals surface area contributed by atoms with Gasteiger partial charge in [0.05, 0.1) is 21.3 Å². The minimum absolute atomic E-state index is 0.00347. The fourth-order valence-corrected chi connectivity index (χ4v) is 1.66. The molecule has 18 heavy (non-hydrogen) atoms. The lowest BCUT2D eigenvalue weighted by Crippen LogP contribution is -2.17. The van der Waals surface area contributed by atoms with Crippen LogP contribution in [0.4, 0.5) is 0 Å². The Morgan fingerprint density at radius 1 is 1.11 bits per heavy atom. The lowest BCUT2D eigenvalue weighted by Gasteiger charge is -2.13. The van der Waals surface area contributed by atoms with Crippen LogP contribution in [0.1, 0.15) is 12.0 Å². The predicted octanol–water partition coefficient (Wildman–Crippen LogP) is 1.39. The van der Waals surface area contributed by atoms with Crippen LogP contribution >= 0.6 is 0 Å². The Hall–Kier alpha value is -1.91. The molecule has 0 aliphatic rings. The van der Waals surface area contributed by atoms with E-state index in [1.807, 2.05) is 12.1 Å². The first-order valence-corrected chi connectivity index (χ1v) is 5.65. The van der Waals surface area contributed by atoms with Crippen molar-refractivity contribution >= 4 is 5.91 Å². The van der Waals surface area contributed by atoms with Gasteiger partial charge in [-0.25, -0.2) is 0 Å². The summed E-state index contributed by atoms with van der Waals surface area (Å²) in [6.45, 7) is 0. The highest BCUT2D eigenvalue weighted by atomic mass is 16.5. The van der Waals surface area contributed by atoms with Crippen molar-refractivity contribution < 1.29 is 19.0 Å². The fourth-order valence-electron chi connectivity index (χ4n) is 1.66. The van der Waals surface area contributed by atoms with Crippen LogP contribution in [0.25, 0.3) is 0 Å². The second-order valence-electron chi connectivity index (χ2n) is 3.71. The molecule has 5 heteroatoms. The molecule has 5 nitrogen and oxygen atoms in total. The Labute approximate surface area is 107 Å². The Morgan fingerprint density at radius 3 is 2.06 bits per heavy atom. The Bertz CT molecular complexity index is 392. The van der Waals surface area contributed by atoms with E-state index in [9.17, 15) is 4.79 Å². The number of nitrogens with one attached hydrogen (secondary N) is 1. The Balaban J connectivity index is 2.96. The summed E-state index contributed by atoms with van der Waals surface area (Å²) in [5.41, 5.74) is 0.966. The second kappa shape index (κ2) is 6.74. The maximum absolute atomic E-state index is 11.2. The third-order valence-corrected chi connectivity index (χ3v) is 2.64. The fraction of sp³-hybridized carbons (Fsp3) is 0.462. The zero-order valence-corrected chi connectivity index (χ0v) is 11.2. The van der Waals surface area contributed by atoms with E-state index in [1.54, 1.807) is 28.4 Å². The normalized spacial score (nSPS) is 9.78. The highest BCUT2D eigenvalue weighted by Gasteiger charge is 2.13. The van der Waals surface area contributed by atoms with Crippen LogP contribution in [0.3, 0.4) is 0 Å². The van der Waals surface area contributed by atoms with Crippen LogP contribution in [-0.4, -0.2) is 34.3 Å². The second-order valence-corrected chi connectivity index (χ2v) is 3.71. The molecule has 0 spiro atoms. The van der Waals surface area contributed by atoms with Gasteiger partial charge < -0.3 is 19.5 Å². The summed E-state index contributed by atoms with van der Waals surface area (Å²) in [4.78, 5) is 11.2. The van der Waals surface area contributed by atoms with Crippen molar-refractivity contribution in [1.82, 2.24) is 5.32 Å².